The summed E-state index contributed by atoms with van der Waals surface area (Å²) in [6.07, 6.45) is -1.31. The van der Waals surface area contributed by atoms with E-state index in [1.807, 2.05) is 0 Å². The number of carboxylic acid groups (broad SMARTS) is 1. The minimum absolute atomic E-state index is 0.234. The number of piperazine rings is 1. The highest BCUT2D eigenvalue weighted by Crippen LogP contribution is 2.50. The lowest BCUT2D eigenvalue weighted by atomic mass is 9.95. The maximum absolute atomic E-state index is 13.6. The smallest absolute Gasteiger partial charge is 0.342 e. The number of ether oxygens (including phenoxy) is 2. The molecule has 2 aromatic rings. The summed E-state index contributed by atoms with van der Waals surface area (Å²) in [6, 6.07) is 9.70. The van der Waals surface area contributed by atoms with Gasteiger partial charge in [0.05, 0.1) is 5.56 Å². The second-order valence-electron chi connectivity index (χ2n) is 11.9. The van der Waals surface area contributed by atoms with Gasteiger partial charge in [-0.15, -0.1) is 11.8 Å². The molecule has 2 unspecified atom stereocenters. The Hall–Kier alpha value is -5.45. The number of fused-ring (bicyclic) bond motifs is 2. The fourth-order valence-corrected chi connectivity index (χ4v) is 7.69. The summed E-state index contributed by atoms with van der Waals surface area (Å²) in [5.41, 5.74) is 0.883. The van der Waals surface area contributed by atoms with Gasteiger partial charge in [0.25, 0.3) is 6.29 Å². The van der Waals surface area contributed by atoms with Crippen molar-refractivity contribution in [2.75, 3.05) is 19.6 Å². The van der Waals surface area contributed by atoms with Crippen molar-refractivity contribution in [2.24, 2.45) is 0 Å². The third-order valence-corrected chi connectivity index (χ3v) is 9.97. The number of carbonyl (C=O) groups is 8. The number of hydrogen-bond acceptors (Lipinski definition) is 11. The number of esters is 2. The van der Waals surface area contributed by atoms with Crippen LogP contribution in [0.15, 0.2) is 54.6 Å². The first kappa shape index (κ1) is 32.5. The van der Waals surface area contributed by atoms with Crippen LogP contribution in [0.5, 0.6) is 0 Å². The van der Waals surface area contributed by atoms with Gasteiger partial charge in [-0.05, 0) is 25.5 Å². The van der Waals surface area contributed by atoms with Gasteiger partial charge in [-0.3, -0.25) is 28.9 Å². The molecule has 0 saturated carbocycles. The summed E-state index contributed by atoms with van der Waals surface area (Å²) >= 11 is 1.23. The molecule has 16 nitrogen and oxygen atoms in total. The first-order valence-electron chi connectivity index (χ1n) is 14.8. The molecule has 4 aliphatic rings. The molecule has 3 saturated heterocycles. The number of rotatable bonds is 8. The number of carbonyl (C=O) groups excluding carboxylic acids is 7. The molecule has 48 heavy (non-hydrogen) atoms. The van der Waals surface area contributed by atoms with Crippen molar-refractivity contribution in [3.63, 3.8) is 0 Å². The van der Waals surface area contributed by atoms with E-state index in [-0.39, 0.29) is 18.7 Å². The molecule has 4 heterocycles. The van der Waals surface area contributed by atoms with E-state index in [4.69, 9.17) is 9.47 Å². The molecule has 250 valence electrons. The third-order valence-electron chi connectivity index (χ3n) is 8.40. The minimum Gasteiger partial charge on any atom is -0.480 e. The van der Waals surface area contributed by atoms with E-state index in [0.29, 0.717) is 16.0 Å². The van der Waals surface area contributed by atoms with Gasteiger partial charge in [0.2, 0.25) is 11.8 Å². The molecule has 6 amide bonds. The Kier molecular flexibility index (Phi) is 8.32. The second-order valence-corrected chi connectivity index (χ2v) is 13.6. The lowest BCUT2D eigenvalue weighted by molar-refractivity contribution is -0.172. The largest absolute Gasteiger partial charge is 0.480 e. The van der Waals surface area contributed by atoms with Gasteiger partial charge in [0.1, 0.15) is 30.0 Å². The number of benzene rings is 2. The van der Waals surface area contributed by atoms with Crippen molar-refractivity contribution in [1.29, 1.82) is 0 Å². The summed E-state index contributed by atoms with van der Waals surface area (Å²) in [7, 11) is 0. The summed E-state index contributed by atoms with van der Waals surface area (Å²) in [6.45, 7) is 2.17. The minimum atomic E-state index is -1.40. The zero-order valence-electron chi connectivity index (χ0n) is 25.5. The van der Waals surface area contributed by atoms with Gasteiger partial charge in [-0.1, -0.05) is 48.5 Å². The van der Waals surface area contributed by atoms with Crippen LogP contribution in [0.2, 0.25) is 0 Å². The topological polar surface area (TPSA) is 209 Å². The Morgan fingerprint density at radius 2 is 1.69 bits per heavy atom. The van der Waals surface area contributed by atoms with E-state index in [0.717, 1.165) is 4.90 Å². The quantitative estimate of drug-likeness (QED) is 0.194. The summed E-state index contributed by atoms with van der Waals surface area (Å²) in [4.78, 5) is 105. The van der Waals surface area contributed by atoms with Crippen molar-refractivity contribution in [1.82, 2.24) is 25.3 Å². The van der Waals surface area contributed by atoms with Crippen LogP contribution in [0.25, 0.3) is 0 Å². The van der Waals surface area contributed by atoms with Crippen LogP contribution >= 0.6 is 11.8 Å². The molecule has 6 rings (SSSR count). The Bertz CT molecular complexity index is 1750. The number of β-lactam (4-membered cyclic amide) rings is 1. The molecule has 0 aromatic heterocycles. The molecule has 5 atom stereocenters. The first-order valence-corrected chi connectivity index (χ1v) is 15.6. The Morgan fingerprint density at radius 3 is 2.40 bits per heavy atom. The normalized spacial score (nSPS) is 24.6. The van der Waals surface area contributed by atoms with Crippen LogP contribution in [0, 0.1) is 0 Å². The number of hydrogen-bond donors (Lipinski definition) is 3. The van der Waals surface area contributed by atoms with Gasteiger partial charge >= 0.3 is 35.8 Å². The van der Waals surface area contributed by atoms with Crippen LogP contribution in [0.3, 0.4) is 0 Å². The molecule has 0 spiro atoms. The van der Waals surface area contributed by atoms with Crippen LogP contribution in [-0.2, 0) is 38.2 Å². The Morgan fingerprint density at radius 1 is 1.00 bits per heavy atom. The molecule has 0 bridgehead atoms. The average Bonchev–Trinajstić information content (AvgIpc) is 3.51. The molecular formula is C31H29N5O11S. The lowest BCUT2D eigenvalue weighted by Crippen LogP contribution is -2.71. The zero-order valence-corrected chi connectivity index (χ0v) is 26.3. The SMILES string of the molecule is CC1(C)S[C@@H]2[C@H](NC(=O)C(NC(=O)N3CCN(CC(=O)OC4OC(=O)c5ccccc54)C(=O)C3=O)c3ccccc3)C(=O)N2[C@H]1C(=O)O. The molecule has 3 fully saturated rings. The fourth-order valence-electron chi connectivity index (χ4n) is 6.06. The molecular weight excluding hydrogens is 650 g/mol. The van der Waals surface area contributed by atoms with Crippen molar-refractivity contribution >= 4 is 59.3 Å². The maximum Gasteiger partial charge on any atom is 0.342 e. The van der Waals surface area contributed by atoms with Gasteiger partial charge in [-0.2, -0.15) is 0 Å². The average molecular weight is 680 g/mol. The van der Waals surface area contributed by atoms with Gasteiger partial charge in [0, 0.05) is 23.4 Å². The fraction of sp³-hybridized carbons (Fsp3) is 0.355. The van der Waals surface area contributed by atoms with E-state index in [2.05, 4.69) is 10.6 Å². The van der Waals surface area contributed by atoms with Gasteiger partial charge < -0.3 is 35.0 Å². The predicted molar refractivity (Wildman–Crippen MR) is 162 cm³/mol. The van der Waals surface area contributed by atoms with Crippen molar-refractivity contribution < 1.29 is 52.9 Å². The number of imide groups is 1. The van der Waals surface area contributed by atoms with Crippen LogP contribution in [0.1, 0.15) is 47.7 Å². The van der Waals surface area contributed by atoms with Gasteiger partial charge in [0.15, 0.2) is 0 Å². The number of urea groups is 1. The first-order chi connectivity index (χ1) is 22.8. The lowest BCUT2D eigenvalue weighted by Gasteiger charge is -2.44. The number of nitrogens with one attached hydrogen (secondary N) is 2. The van der Waals surface area contributed by atoms with Crippen molar-refractivity contribution in [2.45, 2.75) is 48.4 Å². The number of amides is 6. The van der Waals surface area contributed by atoms with Crippen molar-refractivity contribution in [3.8, 4) is 0 Å². The number of nitrogens with zero attached hydrogens (tertiary/aromatic N) is 3. The second kappa shape index (κ2) is 12.3. The number of cyclic esters (lactones) is 1. The molecule has 2 aromatic carbocycles. The summed E-state index contributed by atoms with van der Waals surface area (Å²) in [5.74, 6) is -6.60. The molecule has 17 heteroatoms. The molecule has 4 aliphatic heterocycles. The monoisotopic (exact) mass is 679 g/mol. The van der Waals surface area contributed by atoms with Crippen LogP contribution in [0.4, 0.5) is 4.79 Å². The van der Waals surface area contributed by atoms with E-state index in [1.54, 1.807) is 62.4 Å². The number of aliphatic carboxylic acids is 1. The predicted octanol–water partition coefficient (Wildman–Crippen LogP) is 0.152. The number of thioether (sulfide) groups is 1. The highest BCUT2D eigenvalue weighted by atomic mass is 32.2. The molecule has 3 N–H and O–H groups in total. The Labute approximate surface area is 276 Å². The van der Waals surface area contributed by atoms with Crippen LogP contribution < -0.4 is 10.6 Å². The Balaban J connectivity index is 1.09. The van der Waals surface area contributed by atoms with E-state index >= 15 is 0 Å². The molecule has 0 aliphatic carbocycles. The van der Waals surface area contributed by atoms with E-state index < -0.39 is 88.6 Å². The molecule has 0 radical (unpaired) electrons. The number of carboxylic acids is 1. The van der Waals surface area contributed by atoms with Crippen molar-refractivity contribution in [3.05, 3.63) is 71.3 Å². The summed E-state index contributed by atoms with van der Waals surface area (Å²) in [5, 5.41) is 14.1. The highest BCUT2D eigenvalue weighted by molar-refractivity contribution is 8.01. The maximum atomic E-state index is 13.6. The van der Waals surface area contributed by atoms with E-state index in [1.165, 1.54) is 22.7 Å². The van der Waals surface area contributed by atoms with Crippen LogP contribution in [-0.4, -0.2) is 109 Å². The van der Waals surface area contributed by atoms with Gasteiger partial charge in [-0.25, -0.2) is 14.4 Å². The standard InChI is InChI=1S/C31H29N5O11S/c1-31(2)21(27(42)43)36-23(39)20(26(36)48-31)32-22(38)19(15-8-4-3-5-9-15)33-30(45)35-13-12-34(24(40)25(35)41)14-18(37)46-29-17-11-7-6-10-16(17)28(44)47-29/h3-11,19-21,26,29H,12-14H2,1-2H3,(H,32,38)(H,33,45)(H,42,43)/t19?,20-,21+,26-,29?/m1/s1. The zero-order chi connectivity index (χ0) is 34.5. The highest BCUT2D eigenvalue weighted by Gasteiger charge is 2.64. The third kappa shape index (κ3) is 5.69. The van der Waals surface area contributed by atoms with E-state index in [9.17, 15) is 43.5 Å². The summed E-state index contributed by atoms with van der Waals surface area (Å²) < 4.78 is 9.48.